The van der Waals surface area contributed by atoms with Crippen LogP contribution in [-0.4, -0.2) is 31.2 Å². The number of aryl methyl sites for hydroxylation is 1. The van der Waals surface area contributed by atoms with E-state index >= 15 is 0 Å². The SMILES string of the molecule is Cc1cc(O)c(-c2n[nH]c3c2C(c2cccc(O)c2)N(Cc2ccccc2Cl)C3=O)cc1Cl. The normalized spacial score (nSPS) is 15.2. The molecule has 33 heavy (non-hydrogen) atoms. The molecule has 2 heterocycles. The van der Waals surface area contributed by atoms with Gasteiger partial charge in [-0.1, -0.05) is 53.5 Å². The highest BCUT2D eigenvalue weighted by molar-refractivity contribution is 6.32. The average Bonchev–Trinajstić information content (AvgIpc) is 3.32. The second-order valence-electron chi connectivity index (χ2n) is 8.00. The van der Waals surface area contributed by atoms with E-state index in [9.17, 15) is 15.0 Å². The minimum atomic E-state index is -0.566. The number of carbonyl (C=O) groups is 1. The fourth-order valence-electron chi connectivity index (χ4n) is 4.27. The van der Waals surface area contributed by atoms with Gasteiger partial charge < -0.3 is 15.1 Å². The molecule has 1 aliphatic heterocycles. The number of rotatable bonds is 4. The first-order valence-electron chi connectivity index (χ1n) is 10.3. The zero-order valence-corrected chi connectivity index (χ0v) is 19.0. The van der Waals surface area contributed by atoms with Crippen LogP contribution < -0.4 is 0 Å². The van der Waals surface area contributed by atoms with Crippen molar-refractivity contribution in [3.63, 3.8) is 0 Å². The molecule has 8 heteroatoms. The highest BCUT2D eigenvalue weighted by Crippen LogP contribution is 2.46. The van der Waals surface area contributed by atoms with E-state index in [1.54, 1.807) is 48.2 Å². The number of amides is 1. The van der Waals surface area contributed by atoms with Crippen LogP contribution in [0.1, 0.15) is 38.8 Å². The van der Waals surface area contributed by atoms with Crippen molar-refractivity contribution in [2.45, 2.75) is 19.5 Å². The lowest BCUT2D eigenvalue weighted by atomic mass is 9.95. The number of aromatic hydroxyl groups is 2. The van der Waals surface area contributed by atoms with E-state index in [-0.39, 0.29) is 24.0 Å². The number of hydrogen-bond acceptors (Lipinski definition) is 4. The van der Waals surface area contributed by atoms with Crippen molar-refractivity contribution in [3.05, 3.63) is 98.7 Å². The Labute approximate surface area is 200 Å². The Balaban J connectivity index is 1.70. The molecule has 0 fully saturated rings. The van der Waals surface area contributed by atoms with E-state index in [2.05, 4.69) is 10.2 Å². The molecule has 0 saturated heterocycles. The quantitative estimate of drug-likeness (QED) is 0.342. The zero-order chi connectivity index (χ0) is 23.3. The van der Waals surface area contributed by atoms with Crippen molar-refractivity contribution in [2.24, 2.45) is 0 Å². The predicted octanol–water partition coefficient (Wildman–Crippen LogP) is 5.85. The summed E-state index contributed by atoms with van der Waals surface area (Å²) in [5, 5.41) is 29.1. The maximum absolute atomic E-state index is 13.5. The Hall–Kier alpha value is -3.48. The molecule has 6 nitrogen and oxygen atoms in total. The number of hydrogen-bond donors (Lipinski definition) is 3. The molecule has 3 aromatic carbocycles. The molecular formula is C25H19Cl2N3O3. The summed E-state index contributed by atoms with van der Waals surface area (Å²) in [5.74, 6) is -0.162. The summed E-state index contributed by atoms with van der Waals surface area (Å²) in [4.78, 5) is 15.2. The van der Waals surface area contributed by atoms with Crippen molar-refractivity contribution in [2.75, 3.05) is 0 Å². The van der Waals surface area contributed by atoms with Gasteiger partial charge in [-0.05, 0) is 53.9 Å². The summed E-state index contributed by atoms with van der Waals surface area (Å²) in [6, 6.07) is 16.7. The summed E-state index contributed by atoms with van der Waals surface area (Å²) in [6.45, 7) is 2.05. The molecule has 3 N–H and O–H groups in total. The lowest BCUT2D eigenvalue weighted by Crippen LogP contribution is -2.29. The smallest absolute Gasteiger partial charge is 0.273 e. The maximum Gasteiger partial charge on any atom is 0.273 e. The molecule has 0 aliphatic carbocycles. The molecule has 1 amide bonds. The minimum absolute atomic E-state index is 0.0119. The van der Waals surface area contributed by atoms with Crippen LogP contribution in [0.2, 0.25) is 10.0 Å². The van der Waals surface area contributed by atoms with Gasteiger partial charge >= 0.3 is 0 Å². The first-order valence-corrected chi connectivity index (χ1v) is 11.0. The summed E-state index contributed by atoms with van der Waals surface area (Å²) in [5.41, 5.74) is 3.99. The number of carbonyl (C=O) groups excluding carboxylic acids is 1. The van der Waals surface area contributed by atoms with Crippen LogP contribution in [0, 0.1) is 6.92 Å². The number of nitrogens with zero attached hydrogens (tertiary/aromatic N) is 2. The number of H-pyrrole nitrogens is 1. The molecule has 0 saturated carbocycles. The number of aromatic nitrogens is 2. The van der Waals surface area contributed by atoms with Gasteiger partial charge in [-0.2, -0.15) is 5.10 Å². The number of benzene rings is 3. The first-order chi connectivity index (χ1) is 15.8. The fourth-order valence-corrected chi connectivity index (χ4v) is 4.63. The summed E-state index contributed by atoms with van der Waals surface area (Å²) in [7, 11) is 0. The molecule has 0 radical (unpaired) electrons. The Morgan fingerprint density at radius 2 is 1.82 bits per heavy atom. The van der Waals surface area contributed by atoms with Crippen LogP contribution in [0.5, 0.6) is 11.5 Å². The van der Waals surface area contributed by atoms with Crippen LogP contribution in [0.3, 0.4) is 0 Å². The number of fused-ring (bicyclic) bond motifs is 1. The van der Waals surface area contributed by atoms with E-state index in [0.29, 0.717) is 38.1 Å². The summed E-state index contributed by atoms with van der Waals surface area (Å²) in [6.07, 6.45) is 0. The van der Waals surface area contributed by atoms with Crippen LogP contribution in [0.15, 0.2) is 60.7 Å². The van der Waals surface area contributed by atoms with E-state index in [1.807, 2.05) is 24.3 Å². The second kappa shape index (κ2) is 8.14. The van der Waals surface area contributed by atoms with Gasteiger partial charge in [-0.25, -0.2) is 0 Å². The van der Waals surface area contributed by atoms with E-state index in [4.69, 9.17) is 23.2 Å². The van der Waals surface area contributed by atoms with Crippen molar-refractivity contribution >= 4 is 29.1 Å². The van der Waals surface area contributed by atoms with Crippen LogP contribution in [-0.2, 0) is 6.54 Å². The monoisotopic (exact) mass is 479 g/mol. The van der Waals surface area contributed by atoms with Crippen LogP contribution in [0.25, 0.3) is 11.3 Å². The maximum atomic E-state index is 13.5. The lowest BCUT2D eigenvalue weighted by molar-refractivity contribution is 0.0730. The minimum Gasteiger partial charge on any atom is -0.508 e. The molecule has 0 bridgehead atoms. The molecule has 5 rings (SSSR count). The molecule has 1 aliphatic rings. The Bertz CT molecular complexity index is 1400. The van der Waals surface area contributed by atoms with Gasteiger partial charge in [0.05, 0.1) is 6.04 Å². The molecule has 1 atom stereocenters. The van der Waals surface area contributed by atoms with E-state index in [0.717, 1.165) is 11.1 Å². The second-order valence-corrected chi connectivity index (χ2v) is 8.82. The standard InChI is InChI=1S/C25H19Cl2N3O3/c1-13-9-20(32)17(11-19(13)27)22-21-23(29-28-22)25(33)30(12-15-5-2-3-8-18(15)26)24(21)14-6-4-7-16(31)10-14/h2-11,24,31-32H,12H2,1H3,(H,28,29). The molecule has 1 aromatic heterocycles. The van der Waals surface area contributed by atoms with Crippen molar-refractivity contribution in [1.82, 2.24) is 15.1 Å². The van der Waals surface area contributed by atoms with Gasteiger partial charge in [0, 0.05) is 27.7 Å². The van der Waals surface area contributed by atoms with Crippen molar-refractivity contribution < 1.29 is 15.0 Å². The topological polar surface area (TPSA) is 89.4 Å². The summed E-state index contributed by atoms with van der Waals surface area (Å²) < 4.78 is 0. The largest absolute Gasteiger partial charge is 0.508 e. The van der Waals surface area contributed by atoms with Crippen LogP contribution >= 0.6 is 23.2 Å². The lowest BCUT2D eigenvalue weighted by Gasteiger charge is -2.27. The number of halogens is 2. The van der Waals surface area contributed by atoms with Gasteiger partial charge in [0.2, 0.25) is 0 Å². The molecule has 4 aromatic rings. The van der Waals surface area contributed by atoms with Gasteiger partial charge in [-0.15, -0.1) is 0 Å². The number of phenols is 2. The van der Waals surface area contributed by atoms with Crippen molar-refractivity contribution in [3.8, 4) is 22.8 Å². The van der Waals surface area contributed by atoms with Crippen LogP contribution in [0.4, 0.5) is 0 Å². The Kier molecular flexibility index (Phi) is 5.27. The van der Waals surface area contributed by atoms with Gasteiger partial charge in [0.1, 0.15) is 22.9 Å². The number of phenolic OH excluding ortho intramolecular Hbond substituents is 2. The average molecular weight is 480 g/mol. The van der Waals surface area contributed by atoms with Gasteiger partial charge in [0.25, 0.3) is 5.91 Å². The van der Waals surface area contributed by atoms with Gasteiger partial charge in [0.15, 0.2) is 0 Å². The number of aromatic amines is 1. The highest BCUT2D eigenvalue weighted by atomic mass is 35.5. The third-order valence-electron chi connectivity index (χ3n) is 5.88. The molecular weight excluding hydrogens is 461 g/mol. The fraction of sp³-hybridized carbons (Fsp3) is 0.120. The predicted molar refractivity (Wildman–Crippen MR) is 127 cm³/mol. The third-order valence-corrected chi connectivity index (χ3v) is 6.66. The third kappa shape index (κ3) is 3.61. The van der Waals surface area contributed by atoms with E-state index < -0.39 is 6.04 Å². The molecule has 166 valence electrons. The molecule has 0 spiro atoms. The van der Waals surface area contributed by atoms with Crippen molar-refractivity contribution in [1.29, 1.82) is 0 Å². The molecule has 1 unspecified atom stereocenters. The Morgan fingerprint density at radius 3 is 2.58 bits per heavy atom. The van der Waals surface area contributed by atoms with E-state index in [1.165, 1.54) is 0 Å². The number of nitrogens with one attached hydrogen (secondary N) is 1. The Morgan fingerprint density at radius 1 is 1.03 bits per heavy atom. The zero-order valence-electron chi connectivity index (χ0n) is 17.5. The van der Waals surface area contributed by atoms with Gasteiger partial charge in [-0.3, -0.25) is 9.89 Å². The first kappa shape index (κ1) is 21.4. The highest BCUT2D eigenvalue weighted by Gasteiger charge is 2.42. The summed E-state index contributed by atoms with van der Waals surface area (Å²) >= 11 is 12.7.